The van der Waals surface area contributed by atoms with E-state index in [4.69, 9.17) is 5.11 Å². The fraction of sp³-hybridized carbons (Fsp3) is 0.385. The van der Waals surface area contributed by atoms with E-state index >= 15 is 0 Å². The van der Waals surface area contributed by atoms with Crippen molar-refractivity contribution in [2.75, 3.05) is 13.1 Å². The van der Waals surface area contributed by atoms with Gasteiger partial charge in [-0.3, -0.25) is 9.80 Å². The Kier molecular flexibility index (Phi) is 2.87. The molecule has 2 amide bonds. The van der Waals surface area contributed by atoms with Gasteiger partial charge < -0.3 is 10.4 Å². The maximum Gasteiger partial charge on any atom is 0.405 e. The molecule has 1 aromatic rings. The number of carbonyl (C=O) groups is 2. The Morgan fingerprint density at radius 1 is 1.32 bits per heavy atom. The summed E-state index contributed by atoms with van der Waals surface area (Å²) in [5, 5.41) is 14.9. The van der Waals surface area contributed by atoms with Gasteiger partial charge in [0.2, 0.25) is 0 Å². The lowest BCUT2D eigenvalue weighted by Crippen LogP contribution is -2.45. The third-order valence-electron chi connectivity index (χ3n) is 3.62. The Morgan fingerprint density at radius 3 is 2.89 bits per heavy atom. The average Bonchev–Trinajstić information content (AvgIpc) is 2.80. The highest BCUT2D eigenvalue weighted by atomic mass is 16.4. The van der Waals surface area contributed by atoms with Gasteiger partial charge in [0, 0.05) is 19.6 Å². The van der Waals surface area contributed by atoms with Crippen molar-refractivity contribution in [1.29, 1.82) is 0 Å². The molecule has 2 aliphatic heterocycles. The first-order valence-corrected chi connectivity index (χ1v) is 6.30. The number of benzene rings is 1. The molecule has 6 nitrogen and oxygen atoms in total. The zero-order valence-corrected chi connectivity index (χ0v) is 10.4. The molecule has 0 bridgehead atoms. The summed E-state index contributed by atoms with van der Waals surface area (Å²) in [6.07, 6.45) is -0.256. The number of carbonyl (C=O) groups excluding carboxylic acids is 1. The molecule has 0 radical (unpaired) electrons. The van der Waals surface area contributed by atoms with E-state index in [1.54, 1.807) is 5.01 Å². The fourth-order valence-corrected chi connectivity index (χ4v) is 2.78. The molecular weight excluding hydrogens is 246 g/mol. The van der Waals surface area contributed by atoms with Crippen LogP contribution in [0.3, 0.4) is 0 Å². The molecule has 100 valence electrons. The highest BCUT2D eigenvalue weighted by Crippen LogP contribution is 2.29. The van der Waals surface area contributed by atoms with Gasteiger partial charge in [0.25, 0.3) is 5.91 Å². The number of nitrogens with zero attached hydrogens (tertiary/aromatic N) is 2. The van der Waals surface area contributed by atoms with Gasteiger partial charge in [-0.1, -0.05) is 24.3 Å². The van der Waals surface area contributed by atoms with E-state index in [1.165, 1.54) is 0 Å². The molecule has 3 rings (SSSR count). The summed E-state index contributed by atoms with van der Waals surface area (Å²) in [6, 6.07) is 6.69. The molecular formula is C13H15N3O3. The molecule has 1 atom stereocenters. The van der Waals surface area contributed by atoms with Gasteiger partial charge in [0.1, 0.15) is 6.04 Å². The SMILES string of the molecule is O=C(O)N[C@@H]1C(=O)N2CCCN2Cc2ccccc21. The number of hydrogen-bond donors (Lipinski definition) is 2. The summed E-state index contributed by atoms with van der Waals surface area (Å²) >= 11 is 0. The highest BCUT2D eigenvalue weighted by molar-refractivity contribution is 5.87. The molecule has 2 heterocycles. The van der Waals surface area contributed by atoms with Crippen molar-refractivity contribution in [1.82, 2.24) is 15.3 Å². The smallest absolute Gasteiger partial charge is 0.405 e. The Labute approximate surface area is 110 Å². The second-order valence-electron chi connectivity index (χ2n) is 4.78. The van der Waals surface area contributed by atoms with Gasteiger partial charge in [-0.05, 0) is 17.5 Å². The Bertz CT molecular complexity index is 532. The van der Waals surface area contributed by atoms with Crippen molar-refractivity contribution in [2.45, 2.75) is 19.0 Å². The Morgan fingerprint density at radius 2 is 2.11 bits per heavy atom. The van der Waals surface area contributed by atoms with Crippen LogP contribution in [0.1, 0.15) is 23.6 Å². The van der Waals surface area contributed by atoms with Crippen LogP contribution >= 0.6 is 0 Å². The van der Waals surface area contributed by atoms with E-state index < -0.39 is 12.1 Å². The summed E-state index contributed by atoms with van der Waals surface area (Å²) in [5.74, 6) is -0.190. The van der Waals surface area contributed by atoms with Crippen molar-refractivity contribution in [3.63, 3.8) is 0 Å². The number of carboxylic acid groups (broad SMARTS) is 1. The molecule has 0 unspecified atom stereocenters. The van der Waals surface area contributed by atoms with Crippen molar-refractivity contribution < 1.29 is 14.7 Å². The van der Waals surface area contributed by atoms with Crippen LogP contribution in [0.2, 0.25) is 0 Å². The second-order valence-corrected chi connectivity index (χ2v) is 4.78. The van der Waals surface area contributed by atoms with Crippen LogP contribution in [0.4, 0.5) is 4.79 Å². The first-order valence-electron chi connectivity index (χ1n) is 6.30. The first kappa shape index (κ1) is 12.0. The van der Waals surface area contributed by atoms with E-state index in [1.807, 2.05) is 29.3 Å². The normalized spacial score (nSPS) is 22.6. The summed E-state index contributed by atoms with van der Waals surface area (Å²) in [6.45, 7) is 2.14. The van der Waals surface area contributed by atoms with E-state index in [9.17, 15) is 9.59 Å². The molecule has 1 aromatic carbocycles. The van der Waals surface area contributed by atoms with E-state index in [-0.39, 0.29) is 5.91 Å². The van der Waals surface area contributed by atoms with Gasteiger partial charge in [-0.25, -0.2) is 9.80 Å². The minimum atomic E-state index is -1.18. The van der Waals surface area contributed by atoms with Crippen molar-refractivity contribution in [2.24, 2.45) is 0 Å². The van der Waals surface area contributed by atoms with Gasteiger partial charge in [0.15, 0.2) is 0 Å². The van der Waals surface area contributed by atoms with E-state index in [2.05, 4.69) is 5.32 Å². The van der Waals surface area contributed by atoms with Crippen LogP contribution in [-0.2, 0) is 11.3 Å². The third-order valence-corrected chi connectivity index (χ3v) is 3.62. The lowest BCUT2D eigenvalue weighted by Gasteiger charge is -2.27. The number of hydrogen-bond acceptors (Lipinski definition) is 3. The van der Waals surface area contributed by atoms with Crippen LogP contribution in [0, 0.1) is 0 Å². The summed E-state index contributed by atoms with van der Waals surface area (Å²) in [5.41, 5.74) is 1.75. The van der Waals surface area contributed by atoms with Gasteiger partial charge in [-0.15, -0.1) is 0 Å². The zero-order chi connectivity index (χ0) is 13.4. The summed E-state index contributed by atoms with van der Waals surface area (Å²) in [4.78, 5) is 23.4. The predicted molar refractivity (Wildman–Crippen MR) is 67.1 cm³/mol. The van der Waals surface area contributed by atoms with Gasteiger partial charge >= 0.3 is 6.09 Å². The maximum atomic E-state index is 12.5. The lowest BCUT2D eigenvalue weighted by molar-refractivity contribution is -0.145. The van der Waals surface area contributed by atoms with Crippen LogP contribution in [0.15, 0.2) is 24.3 Å². The van der Waals surface area contributed by atoms with Crippen molar-refractivity contribution in [3.8, 4) is 0 Å². The van der Waals surface area contributed by atoms with Crippen LogP contribution < -0.4 is 5.32 Å². The fourth-order valence-electron chi connectivity index (χ4n) is 2.78. The zero-order valence-electron chi connectivity index (χ0n) is 10.4. The minimum absolute atomic E-state index is 0.190. The van der Waals surface area contributed by atoms with Crippen molar-refractivity contribution >= 4 is 12.0 Å². The molecule has 6 heteroatoms. The quantitative estimate of drug-likeness (QED) is 0.789. The average molecular weight is 261 g/mol. The molecule has 0 saturated carbocycles. The first-order chi connectivity index (χ1) is 9.16. The molecule has 1 fully saturated rings. The molecule has 2 aliphatic rings. The Hall–Kier alpha value is -2.08. The predicted octanol–water partition coefficient (Wildman–Crippen LogP) is 0.958. The molecule has 0 aliphatic carbocycles. The molecule has 19 heavy (non-hydrogen) atoms. The summed E-state index contributed by atoms with van der Waals surface area (Å²) in [7, 11) is 0. The highest BCUT2D eigenvalue weighted by Gasteiger charge is 2.37. The maximum absolute atomic E-state index is 12.5. The van der Waals surface area contributed by atoms with E-state index in [0.29, 0.717) is 13.1 Å². The standard InChI is InChI=1S/C13H15N3O3/c17-12-11(14-13(18)19)10-5-2-1-4-9(10)8-15-6-3-7-16(12)15/h1-2,4-5,11,14H,3,6-8H2,(H,18,19)/t11-/m0/s1. The van der Waals surface area contributed by atoms with Crippen LogP contribution in [0.5, 0.6) is 0 Å². The van der Waals surface area contributed by atoms with Gasteiger partial charge in [0.05, 0.1) is 0 Å². The monoisotopic (exact) mass is 261 g/mol. The minimum Gasteiger partial charge on any atom is -0.465 e. The number of rotatable bonds is 1. The van der Waals surface area contributed by atoms with Gasteiger partial charge in [-0.2, -0.15) is 0 Å². The molecule has 2 N–H and O–H groups in total. The third kappa shape index (κ3) is 2.04. The number of hydrazine groups is 1. The molecule has 0 spiro atoms. The number of nitrogens with one attached hydrogen (secondary N) is 1. The van der Waals surface area contributed by atoms with Crippen LogP contribution in [0.25, 0.3) is 0 Å². The lowest BCUT2D eigenvalue weighted by atomic mass is 10.00. The number of fused-ring (bicyclic) bond motifs is 2. The second kappa shape index (κ2) is 4.55. The molecule has 1 saturated heterocycles. The summed E-state index contributed by atoms with van der Waals surface area (Å²) < 4.78 is 0. The largest absolute Gasteiger partial charge is 0.465 e. The number of amides is 2. The molecule has 0 aromatic heterocycles. The Balaban J connectivity index is 2.04. The van der Waals surface area contributed by atoms with Crippen LogP contribution in [-0.4, -0.2) is 40.2 Å². The van der Waals surface area contributed by atoms with Crippen molar-refractivity contribution in [3.05, 3.63) is 35.4 Å². The topological polar surface area (TPSA) is 72.9 Å². The van der Waals surface area contributed by atoms with E-state index in [0.717, 1.165) is 24.1 Å².